The molecule has 23 heavy (non-hydrogen) atoms. The lowest BCUT2D eigenvalue weighted by Gasteiger charge is -2.19. The van der Waals surface area contributed by atoms with Crippen LogP contribution in [0.1, 0.15) is 36.8 Å². The number of anilines is 2. The third-order valence-corrected chi connectivity index (χ3v) is 4.33. The number of benzene rings is 1. The normalized spacial score (nSPS) is 11.8. The standard InChI is InChI=1S/C16H18N4O2S/c1-9-5-7-10(8-6-9)17-15-18-13-12(23-15)11(14(21)22)19-20(13)16(2,3)4/h5-8H,1-4H3,(H,17,18)(H,21,22). The zero-order valence-electron chi connectivity index (χ0n) is 13.4. The molecule has 0 unspecified atom stereocenters. The zero-order chi connectivity index (χ0) is 16.8. The zero-order valence-corrected chi connectivity index (χ0v) is 14.2. The van der Waals surface area contributed by atoms with Crippen molar-refractivity contribution in [1.82, 2.24) is 14.8 Å². The number of carbonyl (C=O) groups is 1. The van der Waals surface area contributed by atoms with Gasteiger partial charge in [0.1, 0.15) is 4.70 Å². The Bertz CT molecular complexity index is 872. The molecule has 0 fully saturated rings. The molecular formula is C16H18N4O2S. The van der Waals surface area contributed by atoms with Gasteiger partial charge in [-0.25, -0.2) is 14.5 Å². The summed E-state index contributed by atoms with van der Waals surface area (Å²) in [6.07, 6.45) is 0. The van der Waals surface area contributed by atoms with Crippen molar-refractivity contribution in [3.63, 3.8) is 0 Å². The van der Waals surface area contributed by atoms with Crippen molar-refractivity contribution < 1.29 is 9.90 Å². The van der Waals surface area contributed by atoms with E-state index in [0.717, 1.165) is 5.69 Å². The van der Waals surface area contributed by atoms with E-state index in [-0.39, 0.29) is 11.2 Å². The number of thiazole rings is 1. The average Bonchev–Trinajstić information content (AvgIpc) is 2.98. The Morgan fingerprint density at radius 1 is 1.26 bits per heavy atom. The molecule has 0 saturated heterocycles. The lowest BCUT2D eigenvalue weighted by Crippen LogP contribution is -2.23. The topological polar surface area (TPSA) is 80.0 Å². The van der Waals surface area contributed by atoms with Crippen LogP contribution in [-0.4, -0.2) is 25.8 Å². The molecule has 2 heterocycles. The van der Waals surface area contributed by atoms with Crippen molar-refractivity contribution in [1.29, 1.82) is 0 Å². The number of nitrogens with one attached hydrogen (secondary N) is 1. The van der Waals surface area contributed by atoms with Gasteiger partial charge in [-0.15, -0.1) is 0 Å². The lowest BCUT2D eigenvalue weighted by atomic mass is 10.1. The Balaban J connectivity index is 2.07. The minimum absolute atomic E-state index is 0.0457. The maximum atomic E-state index is 11.4. The van der Waals surface area contributed by atoms with Gasteiger partial charge in [0.2, 0.25) is 0 Å². The van der Waals surface area contributed by atoms with Crippen LogP contribution in [0.5, 0.6) is 0 Å². The van der Waals surface area contributed by atoms with Crippen LogP contribution < -0.4 is 5.32 Å². The Hall–Kier alpha value is -2.41. The fourth-order valence-electron chi connectivity index (χ4n) is 2.22. The van der Waals surface area contributed by atoms with E-state index >= 15 is 0 Å². The molecular weight excluding hydrogens is 312 g/mol. The van der Waals surface area contributed by atoms with E-state index in [1.807, 2.05) is 52.0 Å². The summed E-state index contributed by atoms with van der Waals surface area (Å²) in [5, 5.41) is 17.5. The summed E-state index contributed by atoms with van der Waals surface area (Å²) in [4.78, 5) is 16.0. The van der Waals surface area contributed by atoms with Gasteiger partial charge in [-0.1, -0.05) is 29.0 Å². The van der Waals surface area contributed by atoms with Crippen molar-refractivity contribution in [3.05, 3.63) is 35.5 Å². The van der Waals surface area contributed by atoms with E-state index in [4.69, 9.17) is 0 Å². The summed E-state index contributed by atoms with van der Waals surface area (Å²) in [6, 6.07) is 7.95. The predicted octanol–water partition coefficient (Wildman–Crippen LogP) is 4.00. The number of carboxylic acids is 1. The van der Waals surface area contributed by atoms with Gasteiger partial charge >= 0.3 is 5.97 Å². The maximum absolute atomic E-state index is 11.4. The molecule has 6 nitrogen and oxygen atoms in total. The quantitative estimate of drug-likeness (QED) is 0.759. The smallest absolute Gasteiger partial charge is 0.357 e. The van der Waals surface area contributed by atoms with Crippen molar-refractivity contribution in [3.8, 4) is 0 Å². The van der Waals surface area contributed by atoms with Crippen molar-refractivity contribution in [2.45, 2.75) is 33.2 Å². The van der Waals surface area contributed by atoms with E-state index < -0.39 is 5.97 Å². The molecule has 0 aliphatic heterocycles. The van der Waals surface area contributed by atoms with Crippen molar-refractivity contribution >= 4 is 38.5 Å². The highest BCUT2D eigenvalue weighted by atomic mass is 32.1. The fraction of sp³-hybridized carbons (Fsp3) is 0.312. The van der Waals surface area contributed by atoms with E-state index in [1.165, 1.54) is 16.9 Å². The number of aromatic nitrogens is 3. The highest BCUT2D eigenvalue weighted by Crippen LogP contribution is 2.33. The van der Waals surface area contributed by atoms with Gasteiger partial charge in [0.05, 0.1) is 5.54 Å². The van der Waals surface area contributed by atoms with E-state index in [9.17, 15) is 9.90 Å². The lowest BCUT2D eigenvalue weighted by molar-refractivity contribution is 0.0691. The van der Waals surface area contributed by atoms with Crippen LogP contribution >= 0.6 is 11.3 Å². The van der Waals surface area contributed by atoms with Crippen LogP contribution in [0.2, 0.25) is 0 Å². The Morgan fingerprint density at radius 2 is 1.91 bits per heavy atom. The van der Waals surface area contributed by atoms with Gasteiger partial charge in [-0.3, -0.25) is 0 Å². The summed E-state index contributed by atoms with van der Waals surface area (Å²) in [5.74, 6) is -1.04. The minimum Gasteiger partial charge on any atom is -0.476 e. The van der Waals surface area contributed by atoms with Crippen molar-refractivity contribution in [2.24, 2.45) is 0 Å². The largest absolute Gasteiger partial charge is 0.476 e. The van der Waals surface area contributed by atoms with E-state index in [1.54, 1.807) is 4.68 Å². The molecule has 0 radical (unpaired) electrons. The van der Waals surface area contributed by atoms with Gasteiger partial charge in [-0.2, -0.15) is 5.10 Å². The van der Waals surface area contributed by atoms with Crippen LogP contribution in [0.25, 0.3) is 10.3 Å². The summed E-state index contributed by atoms with van der Waals surface area (Å²) < 4.78 is 2.25. The number of aryl methyl sites for hydroxylation is 1. The van der Waals surface area contributed by atoms with Gasteiger partial charge in [-0.05, 0) is 39.8 Å². The summed E-state index contributed by atoms with van der Waals surface area (Å²) in [7, 11) is 0. The molecule has 3 aromatic rings. The van der Waals surface area contributed by atoms with Crippen LogP contribution in [-0.2, 0) is 5.54 Å². The second kappa shape index (κ2) is 5.34. The molecule has 1 aromatic carbocycles. The first-order chi connectivity index (χ1) is 10.8. The number of fused-ring (bicyclic) bond motifs is 1. The first-order valence-electron chi connectivity index (χ1n) is 7.23. The van der Waals surface area contributed by atoms with Crippen LogP contribution in [0, 0.1) is 6.92 Å². The molecule has 0 amide bonds. The van der Waals surface area contributed by atoms with Crippen LogP contribution in [0.4, 0.5) is 10.8 Å². The number of rotatable bonds is 3. The second-order valence-corrected chi connectivity index (χ2v) is 7.40. The van der Waals surface area contributed by atoms with Gasteiger partial charge in [0, 0.05) is 5.69 Å². The molecule has 2 N–H and O–H groups in total. The molecule has 0 aliphatic carbocycles. The summed E-state index contributed by atoms with van der Waals surface area (Å²) >= 11 is 1.30. The Morgan fingerprint density at radius 3 is 2.48 bits per heavy atom. The highest BCUT2D eigenvalue weighted by Gasteiger charge is 2.26. The van der Waals surface area contributed by atoms with Gasteiger partial charge < -0.3 is 10.4 Å². The maximum Gasteiger partial charge on any atom is 0.357 e. The Labute approximate surface area is 137 Å². The van der Waals surface area contributed by atoms with Gasteiger partial charge in [0.25, 0.3) is 0 Å². The summed E-state index contributed by atoms with van der Waals surface area (Å²) in [6.45, 7) is 7.94. The fourth-order valence-corrected chi connectivity index (χ4v) is 3.17. The molecule has 3 rings (SSSR count). The predicted molar refractivity (Wildman–Crippen MR) is 91.8 cm³/mol. The van der Waals surface area contributed by atoms with E-state index in [0.29, 0.717) is 15.5 Å². The molecule has 0 saturated carbocycles. The molecule has 0 aliphatic rings. The summed E-state index contributed by atoms with van der Waals surface area (Å²) in [5.41, 5.74) is 2.38. The number of hydrogen-bond donors (Lipinski definition) is 2. The molecule has 120 valence electrons. The molecule has 0 atom stereocenters. The number of nitrogens with zero attached hydrogens (tertiary/aromatic N) is 3. The second-order valence-electron chi connectivity index (χ2n) is 6.40. The van der Waals surface area contributed by atoms with E-state index in [2.05, 4.69) is 15.4 Å². The Kier molecular flexibility index (Phi) is 3.60. The van der Waals surface area contributed by atoms with Gasteiger partial charge in [0.15, 0.2) is 16.5 Å². The van der Waals surface area contributed by atoms with Crippen LogP contribution in [0.3, 0.4) is 0 Å². The number of hydrogen-bond acceptors (Lipinski definition) is 5. The molecule has 0 bridgehead atoms. The first-order valence-corrected chi connectivity index (χ1v) is 8.04. The van der Waals surface area contributed by atoms with Crippen molar-refractivity contribution in [2.75, 3.05) is 5.32 Å². The van der Waals surface area contributed by atoms with Crippen LogP contribution in [0.15, 0.2) is 24.3 Å². The first kappa shape index (κ1) is 15.5. The molecule has 7 heteroatoms. The third-order valence-electron chi connectivity index (χ3n) is 3.37. The molecule has 0 spiro atoms. The SMILES string of the molecule is Cc1ccc(Nc2nc3c(s2)c(C(=O)O)nn3C(C)(C)C)cc1. The highest BCUT2D eigenvalue weighted by molar-refractivity contribution is 7.22. The average molecular weight is 330 g/mol. The number of aromatic carboxylic acids is 1. The number of carboxylic acid groups (broad SMARTS) is 1. The monoisotopic (exact) mass is 330 g/mol. The minimum atomic E-state index is -1.04. The molecule has 2 aromatic heterocycles. The third kappa shape index (κ3) is 2.92.